The topological polar surface area (TPSA) is 186 Å². The third-order valence-electron chi connectivity index (χ3n) is 7.49. The van der Waals surface area contributed by atoms with E-state index in [1.165, 1.54) is 19.2 Å². The Balaban J connectivity index is 0.0000120. The summed E-state index contributed by atoms with van der Waals surface area (Å²) in [6, 6.07) is 5.41. The molecule has 0 spiro atoms. The highest BCUT2D eigenvalue weighted by molar-refractivity contribution is 8.00. The Morgan fingerprint density at radius 2 is 1.55 bits per heavy atom. The van der Waals surface area contributed by atoms with Crippen molar-refractivity contribution >= 4 is 42.0 Å². The van der Waals surface area contributed by atoms with Crippen molar-refractivity contribution in [2.45, 2.75) is 63.4 Å². The van der Waals surface area contributed by atoms with Gasteiger partial charge in [0.2, 0.25) is 24.1 Å². The van der Waals surface area contributed by atoms with Crippen LogP contribution in [0.15, 0.2) is 24.3 Å². The summed E-state index contributed by atoms with van der Waals surface area (Å²) in [5, 5.41) is 24.9. The lowest BCUT2D eigenvalue weighted by atomic mass is 10.0. The summed E-state index contributed by atoms with van der Waals surface area (Å²) in [6.45, 7) is 3.84. The second-order valence-corrected chi connectivity index (χ2v) is 12.3. The quantitative estimate of drug-likeness (QED) is 0.0440. The van der Waals surface area contributed by atoms with Crippen LogP contribution in [-0.2, 0) is 44.7 Å². The monoisotopic (exact) mass is 711 g/mol. The van der Waals surface area contributed by atoms with E-state index in [-0.39, 0.29) is 62.6 Å². The third-order valence-corrected chi connectivity index (χ3v) is 8.99. The highest BCUT2D eigenvalue weighted by Gasteiger charge is 2.34. The average Bonchev–Trinajstić information content (AvgIpc) is 3.48. The summed E-state index contributed by atoms with van der Waals surface area (Å²) in [7, 11) is 3.44. The van der Waals surface area contributed by atoms with Crippen LogP contribution < -0.4 is 26.6 Å². The van der Waals surface area contributed by atoms with Gasteiger partial charge >= 0.3 is 0 Å². The number of ether oxygens (including phenoxy) is 4. The molecule has 4 amide bonds. The molecule has 0 saturated carbocycles. The molecule has 1 aromatic rings. The number of amides is 4. The van der Waals surface area contributed by atoms with Crippen molar-refractivity contribution in [1.82, 2.24) is 26.6 Å². The van der Waals surface area contributed by atoms with Gasteiger partial charge in [-0.2, -0.15) is 11.8 Å². The van der Waals surface area contributed by atoms with E-state index in [1.54, 1.807) is 18.2 Å². The summed E-state index contributed by atoms with van der Waals surface area (Å²) in [6.07, 6.45) is 7.11. The van der Waals surface area contributed by atoms with Crippen LogP contribution in [0, 0.1) is 0 Å². The molecule has 1 aliphatic heterocycles. The Morgan fingerprint density at radius 1 is 0.898 bits per heavy atom. The molecule has 1 aliphatic rings. The van der Waals surface area contributed by atoms with Gasteiger partial charge in [-0.3, -0.25) is 19.2 Å². The first-order valence-electron chi connectivity index (χ1n) is 16.4. The highest BCUT2D eigenvalue weighted by Crippen LogP contribution is 2.31. The average molecular weight is 712 g/mol. The number of carbonyl (C=O) groups is 4. The van der Waals surface area contributed by atoms with E-state index >= 15 is 0 Å². The highest BCUT2D eigenvalue weighted by atomic mass is 32.2. The number of hydrogen-bond acceptors (Lipinski definition) is 11. The van der Waals surface area contributed by atoms with E-state index in [9.17, 15) is 24.3 Å². The molecular weight excluding hydrogens is 654 g/mol. The third kappa shape index (κ3) is 19.5. The van der Waals surface area contributed by atoms with Gasteiger partial charge in [0.05, 0.1) is 58.9 Å². The van der Waals surface area contributed by atoms with Crippen molar-refractivity contribution in [1.29, 1.82) is 0 Å². The molecule has 3 unspecified atom stereocenters. The van der Waals surface area contributed by atoms with E-state index in [0.29, 0.717) is 70.0 Å². The summed E-state index contributed by atoms with van der Waals surface area (Å²) in [4.78, 5) is 46.2. The van der Waals surface area contributed by atoms with Gasteiger partial charge < -0.3 is 50.6 Å². The van der Waals surface area contributed by atoms with E-state index in [0.717, 1.165) is 37.0 Å². The standard InChI is InChI=1S/C33H53N5O9S.CH4/c1-34-30(41)10-9-26-8-7-25(21-28(26)40)22-37-32(43)11-13-44-15-17-46-19-20-47-18-16-45-14-12-36-31(42)6-4-3-5-29-33(35-2)27(23-48-29)38-24-39;/h7-10,21,24,27,29,33,35,40H,3-6,11-20,22-23H2,1-2H3,(H,34,41)(H,36,42)(H,37,43)(H,38,39);1H4/b10-9+;. The van der Waals surface area contributed by atoms with Gasteiger partial charge in [0.25, 0.3) is 0 Å². The number of phenolic OH excluding ortho intramolecular Hbond substituents is 1. The summed E-state index contributed by atoms with van der Waals surface area (Å²) < 4.78 is 21.9. The number of thioether (sulfide) groups is 1. The Bertz CT molecular complexity index is 1130. The first kappa shape index (κ1) is 43.8. The molecule has 3 atom stereocenters. The Morgan fingerprint density at radius 3 is 2.18 bits per heavy atom. The van der Waals surface area contributed by atoms with E-state index < -0.39 is 0 Å². The van der Waals surface area contributed by atoms with Crippen molar-refractivity contribution in [3.8, 4) is 5.75 Å². The number of benzene rings is 1. The molecule has 6 N–H and O–H groups in total. The number of likely N-dealkylation sites (N-methyl/N-ethyl adjacent to an activating group) is 2. The lowest BCUT2D eigenvalue weighted by Crippen LogP contribution is -2.48. The molecule has 2 rings (SSSR count). The fourth-order valence-corrected chi connectivity index (χ4v) is 6.49. The summed E-state index contributed by atoms with van der Waals surface area (Å²) >= 11 is 1.87. The van der Waals surface area contributed by atoms with Crippen molar-refractivity contribution in [3.63, 3.8) is 0 Å². The SMILES string of the molecule is C.CNC(=O)/C=C/c1ccc(CNC(=O)CCOCCOCCOCCOCCNC(=O)CCCCC2SCC(NC=O)C2NC)cc1O. The minimum atomic E-state index is -0.270. The zero-order valence-corrected chi connectivity index (χ0v) is 28.9. The molecule has 0 aliphatic carbocycles. The molecule has 1 heterocycles. The second-order valence-electron chi connectivity index (χ2n) is 11.0. The Labute approximate surface area is 295 Å². The van der Waals surface area contributed by atoms with Gasteiger partial charge in [-0.15, -0.1) is 0 Å². The molecule has 1 aromatic carbocycles. The van der Waals surface area contributed by atoms with Crippen LogP contribution in [0.4, 0.5) is 0 Å². The molecule has 15 heteroatoms. The zero-order valence-electron chi connectivity index (χ0n) is 28.1. The molecular formula is C34H57N5O9S. The van der Waals surface area contributed by atoms with Gasteiger partial charge in [-0.1, -0.05) is 26.0 Å². The first-order chi connectivity index (χ1) is 23.4. The fraction of sp³-hybridized carbons (Fsp3) is 0.647. The van der Waals surface area contributed by atoms with Crippen molar-refractivity contribution < 1.29 is 43.2 Å². The number of carbonyl (C=O) groups excluding carboxylic acids is 4. The van der Waals surface area contributed by atoms with E-state index in [2.05, 4.69) is 26.6 Å². The fourth-order valence-electron chi connectivity index (χ4n) is 4.87. The minimum Gasteiger partial charge on any atom is -0.507 e. The van der Waals surface area contributed by atoms with Crippen LogP contribution in [0.3, 0.4) is 0 Å². The molecule has 49 heavy (non-hydrogen) atoms. The molecule has 1 fully saturated rings. The predicted octanol–water partition coefficient (Wildman–Crippen LogP) is 1.35. The summed E-state index contributed by atoms with van der Waals surface area (Å²) in [5.41, 5.74) is 1.24. The number of rotatable bonds is 27. The smallest absolute Gasteiger partial charge is 0.243 e. The first-order valence-corrected chi connectivity index (χ1v) is 17.5. The van der Waals surface area contributed by atoms with Crippen LogP contribution in [0.5, 0.6) is 5.75 Å². The van der Waals surface area contributed by atoms with Gasteiger partial charge in [0, 0.05) is 61.7 Å². The molecule has 0 radical (unpaired) electrons. The minimum absolute atomic E-state index is 0. The number of nitrogens with one attached hydrogen (secondary N) is 5. The lowest BCUT2D eigenvalue weighted by Gasteiger charge is -2.22. The molecule has 0 bridgehead atoms. The van der Waals surface area contributed by atoms with Crippen LogP contribution in [0.1, 0.15) is 50.7 Å². The van der Waals surface area contributed by atoms with Gasteiger partial charge in [0.15, 0.2) is 0 Å². The number of phenols is 1. The normalized spacial score (nSPS) is 17.0. The Hall–Kier alpha value is -3.21. The largest absolute Gasteiger partial charge is 0.507 e. The summed E-state index contributed by atoms with van der Waals surface area (Å²) in [5.74, 6) is 0.515. The second kappa shape index (κ2) is 27.6. The van der Waals surface area contributed by atoms with Crippen molar-refractivity contribution in [2.24, 2.45) is 0 Å². The van der Waals surface area contributed by atoms with Gasteiger partial charge in [0.1, 0.15) is 5.75 Å². The van der Waals surface area contributed by atoms with Crippen LogP contribution >= 0.6 is 11.8 Å². The zero-order chi connectivity index (χ0) is 34.8. The Kier molecular flexibility index (Phi) is 24.7. The maximum atomic E-state index is 12.1. The molecule has 0 aromatic heterocycles. The van der Waals surface area contributed by atoms with Crippen LogP contribution in [-0.4, -0.2) is 126 Å². The van der Waals surface area contributed by atoms with Crippen molar-refractivity contribution in [2.75, 3.05) is 79.2 Å². The number of aromatic hydroxyl groups is 1. The van der Waals surface area contributed by atoms with Crippen LogP contribution in [0.2, 0.25) is 0 Å². The van der Waals surface area contributed by atoms with Gasteiger partial charge in [-0.25, -0.2) is 0 Å². The number of hydrogen-bond donors (Lipinski definition) is 6. The van der Waals surface area contributed by atoms with E-state index in [4.69, 9.17) is 18.9 Å². The van der Waals surface area contributed by atoms with Crippen molar-refractivity contribution in [3.05, 3.63) is 35.4 Å². The molecule has 1 saturated heterocycles. The predicted molar refractivity (Wildman–Crippen MR) is 191 cm³/mol. The van der Waals surface area contributed by atoms with Crippen LogP contribution in [0.25, 0.3) is 6.08 Å². The maximum absolute atomic E-state index is 12.1. The molecule has 278 valence electrons. The van der Waals surface area contributed by atoms with E-state index in [1.807, 2.05) is 18.8 Å². The molecule has 14 nitrogen and oxygen atoms in total. The van der Waals surface area contributed by atoms with Gasteiger partial charge in [-0.05, 0) is 37.6 Å². The lowest BCUT2D eigenvalue weighted by molar-refractivity contribution is -0.123. The maximum Gasteiger partial charge on any atom is 0.243 e. The number of unbranched alkanes of at least 4 members (excludes halogenated alkanes) is 1.